The average molecular weight is 333 g/mol. The SMILES string of the molecule is CCC(CC)(CNC(=O)Nc1c(Cl)cccc1Cl)C(=O)O. The van der Waals surface area contributed by atoms with Crippen molar-refractivity contribution in [3.63, 3.8) is 0 Å². The van der Waals surface area contributed by atoms with Crippen LogP contribution < -0.4 is 10.6 Å². The molecular weight excluding hydrogens is 315 g/mol. The van der Waals surface area contributed by atoms with Gasteiger partial charge in [0.1, 0.15) is 0 Å². The molecule has 0 heterocycles. The number of aliphatic carboxylic acids is 1. The second kappa shape index (κ2) is 7.52. The van der Waals surface area contributed by atoms with Gasteiger partial charge in [-0.3, -0.25) is 4.79 Å². The van der Waals surface area contributed by atoms with E-state index in [1.807, 2.05) is 0 Å². The molecule has 0 saturated carbocycles. The summed E-state index contributed by atoms with van der Waals surface area (Å²) >= 11 is 11.9. The molecule has 0 radical (unpaired) electrons. The van der Waals surface area contributed by atoms with E-state index < -0.39 is 17.4 Å². The van der Waals surface area contributed by atoms with Crippen molar-refractivity contribution < 1.29 is 14.7 Å². The van der Waals surface area contributed by atoms with Crippen LogP contribution in [-0.2, 0) is 4.79 Å². The quantitative estimate of drug-likeness (QED) is 0.736. The first-order valence-corrected chi connectivity index (χ1v) is 7.34. The van der Waals surface area contributed by atoms with Gasteiger partial charge in [-0.15, -0.1) is 0 Å². The number of carboxylic acid groups (broad SMARTS) is 1. The van der Waals surface area contributed by atoms with Crippen molar-refractivity contribution in [2.24, 2.45) is 5.41 Å². The number of anilines is 1. The third-order valence-electron chi connectivity index (χ3n) is 3.60. The van der Waals surface area contributed by atoms with Crippen LogP contribution in [0.5, 0.6) is 0 Å². The molecule has 1 aromatic carbocycles. The first kappa shape index (κ1) is 17.6. The van der Waals surface area contributed by atoms with E-state index in [1.165, 1.54) is 0 Å². The Balaban J connectivity index is 2.72. The molecule has 0 fully saturated rings. The van der Waals surface area contributed by atoms with Gasteiger partial charge in [-0.25, -0.2) is 4.79 Å². The highest BCUT2D eigenvalue weighted by atomic mass is 35.5. The molecule has 7 heteroatoms. The highest BCUT2D eigenvalue weighted by Crippen LogP contribution is 2.30. The van der Waals surface area contributed by atoms with Crippen LogP contribution in [0.15, 0.2) is 18.2 Å². The van der Waals surface area contributed by atoms with Crippen LogP contribution in [-0.4, -0.2) is 23.7 Å². The Morgan fingerprint density at radius 2 is 1.71 bits per heavy atom. The van der Waals surface area contributed by atoms with Gasteiger partial charge in [-0.1, -0.05) is 43.1 Å². The van der Waals surface area contributed by atoms with Gasteiger partial charge in [0.2, 0.25) is 0 Å². The number of carbonyl (C=O) groups excluding carboxylic acids is 1. The van der Waals surface area contributed by atoms with Gasteiger partial charge < -0.3 is 15.7 Å². The number of benzene rings is 1. The second-order valence-electron chi connectivity index (χ2n) is 4.70. The van der Waals surface area contributed by atoms with Gasteiger partial charge in [0.25, 0.3) is 0 Å². The number of carboxylic acids is 1. The third kappa shape index (κ3) is 4.25. The topological polar surface area (TPSA) is 78.4 Å². The highest BCUT2D eigenvalue weighted by molar-refractivity contribution is 6.39. The third-order valence-corrected chi connectivity index (χ3v) is 4.23. The molecule has 0 aromatic heterocycles. The van der Waals surface area contributed by atoms with Crippen molar-refractivity contribution in [3.8, 4) is 0 Å². The van der Waals surface area contributed by atoms with E-state index in [1.54, 1.807) is 32.0 Å². The molecule has 21 heavy (non-hydrogen) atoms. The predicted octanol–water partition coefficient (Wildman–Crippen LogP) is 4.01. The minimum Gasteiger partial charge on any atom is -0.481 e. The Morgan fingerprint density at radius 3 is 2.14 bits per heavy atom. The lowest BCUT2D eigenvalue weighted by molar-refractivity contribution is -0.149. The summed E-state index contributed by atoms with van der Waals surface area (Å²) in [7, 11) is 0. The van der Waals surface area contributed by atoms with Crippen LogP contribution >= 0.6 is 23.2 Å². The molecule has 3 N–H and O–H groups in total. The molecule has 1 rings (SSSR count). The molecule has 0 aliphatic heterocycles. The van der Waals surface area contributed by atoms with E-state index >= 15 is 0 Å². The number of hydrogen-bond donors (Lipinski definition) is 3. The minimum atomic E-state index is -0.971. The van der Waals surface area contributed by atoms with Gasteiger partial charge >= 0.3 is 12.0 Å². The number of rotatable bonds is 6. The van der Waals surface area contributed by atoms with E-state index in [4.69, 9.17) is 23.2 Å². The summed E-state index contributed by atoms with van der Waals surface area (Å²) in [4.78, 5) is 23.2. The number of carbonyl (C=O) groups is 2. The zero-order valence-corrected chi connectivity index (χ0v) is 13.4. The van der Waals surface area contributed by atoms with E-state index in [0.717, 1.165) is 0 Å². The molecule has 0 saturated heterocycles. The zero-order chi connectivity index (χ0) is 16.0. The van der Waals surface area contributed by atoms with Gasteiger partial charge in [0.15, 0.2) is 0 Å². The van der Waals surface area contributed by atoms with Crippen LogP contribution in [0.2, 0.25) is 10.0 Å². The fraction of sp³-hybridized carbons (Fsp3) is 0.429. The van der Waals surface area contributed by atoms with Crippen molar-refractivity contribution in [2.45, 2.75) is 26.7 Å². The summed E-state index contributed by atoms with van der Waals surface area (Å²) in [5, 5.41) is 15.0. The number of nitrogens with one attached hydrogen (secondary N) is 2. The van der Waals surface area contributed by atoms with Gasteiger partial charge in [-0.2, -0.15) is 0 Å². The molecule has 5 nitrogen and oxygen atoms in total. The summed E-state index contributed by atoms with van der Waals surface area (Å²) in [5.74, 6) is -0.927. The number of para-hydroxylation sites is 1. The average Bonchev–Trinajstić information content (AvgIpc) is 2.44. The predicted molar refractivity (Wildman–Crippen MR) is 84.1 cm³/mol. The fourth-order valence-corrected chi connectivity index (χ4v) is 2.39. The molecule has 1 aromatic rings. The molecular formula is C14H18Cl2N2O3. The molecule has 0 bridgehead atoms. The maximum absolute atomic E-state index is 11.9. The second-order valence-corrected chi connectivity index (χ2v) is 5.51. The molecule has 0 aliphatic rings. The fourth-order valence-electron chi connectivity index (χ4n) is 1.90. The van der Waals surface area contributed by atoms with Gasteiger partial charge in [-0.05, 0) is 25.0 Å². The first-order valence-electron chi connectivity index (χ1n) is 6.58. The van der Waals surface area contributed by atoms with Crippen LogP contribution in [0.4, 0.5) is 10.5 Å². The van der Waals surface area contributed by atoms with Crippen LogP contribution in [0.3, 0.4) is 0 Å². The number of hydrogen-bond acceptors (Lipinski definition) is 2. The Bertz CT molecular complexity index is 511. The Labute approximate surface area is 133 Å². The first-order chi connectivity index (χ1) is 9.86. The molecule has 0 unspecified atom stereocenters. The lowest BCUT2D eigenvalue weighted by Crippen LogP contribution is -2.43. The van der Waals surface area contributed by atoms with Gasteiger partial charge in [0.05, 0.1) is 21.1 Å². The van der Waals surface area contributed by atoms with E-state index in [-0.39, 0.29) is 6.54 Å². The summed E-state index contributed by atoms with van der Waals surface area (Å²) in [6.45, 7) is 3.59. The molecule has 0 atom stereocenters. The van der Waals surface area contributed by atoms with E-state index in [9.17, 15) is 14.7 Å². The molecule has 0 aliphatic carbocycles. The van der Waals surface area contributed by atoms with Crippen LogP contribution in [0.1, 0.15) is 26.7 Å². The Morgan fingerprint density at radius 1 is 1.19 bits per heavy atom. The maximum Gasteiger partial charge on any atom is 0.319 e. The highest BCUT2D eigenvalue weighted by Gasteiger charge is 2.35. The van der Waals surface area contributed by atoms with E-state index in [2.05, 4.69) is 10.6 Å². The summed E-state index contributed by atoms with van der Waals surface area (Å²) in [6.07, 6.45) is 0.845. The summed E-state index contributed by atoms with van der Waals surface area (Å²) in [5.41, 5.74) is -0.672. The van der Waals surface area contributed by atoms with Crippen molar-refractivity contribution in [2.75, 3.05) is 11.9 Å². The smallest absolute Gasteiger partial charge is 0.319 e. The van der Waals surface area contributed by atoms with Crippen LogP contribution in [0, 0.1) is 5.41 Å². The lowest BCUT2D eigenvalue weighted by Gasteiger charge is -2.26. The molecule has 0 spiro atoms. The van der Waals surface area contributed by atoms with Gasteiger partial charge in [0, 0.05) is 6.54 Å². The zero-order valence-electron chi connectivity index (χ0n) is 11.9. The summed E-state index contributed by atoms with van der Waals surface area (Å²) < 4.78 is 0. The number of urea groups is 1. The van der Waals surface area contributed by atoms with Crippen molar-refractivity contribution >= 4 is 40.9 Å². The minimum absolute atomic E-state index is 0.0310. The van der Waals surface area contributed by atoms with Crippen molar-refractivity contribution in [3.05, 3.63) is 28.2 Å². The Kier molecular flexibility index (Phi) is 6.30. The van der Waals surface area contributed by atoms with Crippen molar-refractivity contribution in [1.82, 2.24) is 5.32 Å². The number of halogens is 2. The molecule has 116 valence electrons. The lowest BCUT2D eigenvalue weighted by atomic mass is 9.82. The maximum atomic E-state index is 11.9. The summed E-state index contributed by atoms with van der Waals surface area (Å²) in [6, 6.07) is 4.32. The van der Waals surface area contributed by atoms with Crippen LogP contribution in [0.25, 0.3) is 0 Å². The number of amides is 2. The normalized spacial score (nSPS) is 11.0. The Hall–Kier alpha value is -1.46. The standard InChI is InChI=1S/C14H18Cl2N2O3/c1-3-14(4-2,12(19)20)8-17-13(21)18-11-9(15)6-5-7-10(11)16/h5-7H,3-4,8H2,1-2H3,(H,19,20)(H2,17,18,21). The van der Waals surface area contributed by atoms with E-state index in [0.29, 0.717) is 28.6 Å². The van der Waals surface area contributed by atoms with Crippen molar-refractivity contribution in [1.29, 1.82) is 0 Å². The molecule has 2 amide bonds. The largest absolute Gasteiger partial charge is 0.481 e. The monoisotopic (exact) mass is 332 g/mol.